The fourth-order valence-corrected chi connectivity index (χ4v) is 4.23. The lowest BCUT2D eigenvalue weighted by molar-refractivity contribution is 0.0853. The summed E-state index contributed by atoms with van der Waals surface area (Å²) in [6.07, 6.45) is 0.119. The van der Waals surface area contributed by atoms with Gasteiger partial charge in [0.2, 0.25) is 0 Å². The molecule has 0 bridgehead atoms. The monoisotopic (exact) mass is 416 g/mol. The molecule has 0 fully saturated rings. The van der Waals surface area contributed by atoms with E-state index in [0.29, 0.717) is 23.5 Å². The summed E-state index contributed by atoms with van der Waals surface area (Å²) in [5, 5.41) is 0. The maximum atomic E-state index is 12.2. The molecular weight excluding hydrogens is 408 g/mol. The third-order valence-corrected chi connectivity index (χ3v) is 6.46. The number of fused-ring (bicyclic) bond motifs is 1. The van der Waals surface area contributed by atoms with Crippen LogP contribution in [0, 0.1) is 0 Å². The molecule has 0 saturated carbocycles. The molecule has 3 rings (SSSR count). The van der Waals surface area contributed by atoms with Crippen LogP contribution in [0.2, 0.25) is 0 Å². The van der Waals surface area contributed by atoms with E-state index in [2.05, 4.69) is 31.9 Å². The van der Waals surface area contributed by atoms with Crippen molar-refractivity contribution in [1.29, 1.82) is 0 Å². The van der Waals surface area contributed by atoms with E-state index >= 15 is 0 Å². The second-order valence-corrected chi connectivity index (χ2v) is 7.62. The number of ether oxygens (including phenoxy) is 2. The van der Waals surface area contributed by atoms with Crippen LogP contribution in [0.3, 0.4) is 0 Å². The second-order valence-electron chi connectivity index (χ2n) is 4.37. The van der Waals surface area contributed by atoms with Crippen LogP contribution >= 0.6 is 43.2 Å². The third kappa shape index (κ3) is 2.52. The summed E-state index contributed by atoms with van der Waals surface area (Å²) < 4.78 is 13.1. The Balaban J connectivity index is 1.96. The van der Waals surface area contributed by atoms with Crippen molar-refractivity contribution in [2.24, 2.45) is 0 Å². The zero-order valence-electron chi connectivity index (χ0n) is 10.5. The lowest BCUT2D eigenvalue weighted by Crippen LogP contribution is -2.19. The molecule has 1 aliphatic heterocycles. The van der Waals surface area contributed by atoms with E-state index < -0.39 is 0 Å². The Kier molecular flexibility index (Phi) is 3.88. The quantitative estimate of drug-likeness (QED) is 0.690. The van der Waals surface area contributed by atoms with E-state index in [0.717, 1.165) is 13.1 Å². The van der Waals surface area contributed by atoms with Gasteiger partial charge in [-0.25, -0.2) is 0 Å². The van der Waals surface area contributed by atoms with E-state index in [1.807, 2.05) is 6.07 Å². The number of hydrogen-bond donors (Lipinski definition) is 0. The van der Waals surface area contributed by atoms with Crippen LogP contribution in [0.4, 0.5) is 0 Å². The fourth-order valence-electron chi connectivity index (χ4n) is 2.11. The zero-order chi connectivity index (χ0) is 14.3. The van der Waals surface area contributed by atoms with Crippen molar-refractivity contribution in [2.45, 2.75) is 12.5 Å². The molecule has 6 heteroatoms. The molecular formula is C14H10Br2O3S. The molecule has 104 valence electrons. The molecule has 0 aliphatic carbocycles. The van der Waals surface area contributed by atoms with Crippen molar-refractivity contribution in [3.63, 3.8) is 0 Å². The summed E-state index contributed by atoms with van der Waals surface area (Å²) in [7, 11) is 1.59. The Morgan fingerprint density at radius 2 is 2.15 bits per heavy atom. The van der Waals surface area contributed by atoms with Crippen molar-refractivity contribution >= 4 is 49.0 Å². The average Bonchev–Trinajstić information content (AvgIpc) is 2.78. The van der Waals surface area contributed by atoms with Gasteiger partial charge in [-0.05, 0) is 50.1 Å². The molecule has 20 heavy (non-hydrogen) atoms. The number of carbonyl (C=O) groups is 1. The third-order valence-electron chi connectivity index (χ3n) is 3.11. The first-order chi connectivity index (χ1) is 9.58. The fraction of sp³-hybridized carbons (Fsp3) is 0.214. The molecule has 0 amide bonds. The molecule has 1 aliphatic rings. The maximum absolute atomic E-state index is 12.2. The standard InChI is InChI=1S/C14H10Br2O3S/c1-18-7-2-3-8-10(17)6-12(19-11(8)4-7)13-5-9(15)14(16)20-13/h2-5,12H,6H2,1H3. The largest absolute Gasteiger partial charge is 0.497 e. The number of rotatable bonds is 2. The first kappa shape index (κ1) is 14.1. The van der Waals surface area contributed by atoms with Crippen LogP contribution in [-0.4, -0.2) is 12.9 Å². The van der Waals surface area contributed by atoms with Crippen LogP contribution in [0.15, 0.2) is 32.5 Å². The second kappa shape index (κ2) is 5.50. The van der Waals surface area contributed by atoms with E-state index in [-0.39, 0.29) is 11.9 Å². The van der Waals surface area contributed by atoms with Crippen molar-refractivity contribution in [3.8, 4) is 11.5 Å². The van der Waals surface area contributed by atoms with Gasteiger partial charge >= 0.3 is 0 Å². The minimum atomic E-state index is -0.241. The minimum absolute atomic E-state index is 0.0968. The highest BCUT2D eigenvalue weighted by Gasteiger charge is 2.29. The summed E-state index contributed by atoms with van der Waals surface area (Å²) in [4.78, 5) is 13.2. The molecule has 1 aromatic carbocycles. The Hall–Kier alpha value is -0.850. The van der Waals surface area contributed by atoms with Gasteiger partial charge < -0.3 is 9.47 Å². The molecule has 0 N–H and O–H groups in total. The van der Waals surface area contributed by atoms with Gasteiger partial charge in [0, 0.05) is 15.4 Å². The molecule has 0 saturated heterocycles. The van der Waals surface area contributed by atoms with Crippen LogP contribution in [-0.2, 0) is 0 Å². The van der Waals surface area contributed by atoms with E-state index in [1.165, 1.54) is 0 Å². The van der Waals surface area contributed by atoms with Crippen LogP contribution in [0.5, 0.6) is 11.5 Å². The molecule has 1 atom stereocenters. The van der Waals surface area contributed by atoms with Crippen LogP contribution in [0.1, 0.15) is 27.8 Å². The summed E-state index contributed by atoms with van der Waals surface area (Å²) in [5.41, 5.74) is 0.622. The van der Waals surface area contributed by atoms with E-state index in [9.17, 15) is 4.79 Å². The van der Waals surface area contributed by atoms with Crippen molar-refractivity contribution in [1.82, 2.24) is 0 Å². The number of benzene rings is 1. The molecule has 0 radical (unpaired) electrons. The van der Waals surface area contributed by atoms with Gasteiger partial charge in [-0.1, -0.05) is 0 Å². The predicted molar refractivity (Wildman–Crippen MR) is 85.0 cm³/mol. The van der Waals surface area contributed by atoms with Gasteiger partial charge in [-0.2, -0.15) is 0 Å². The predicted octanol–water partition coefficient (Wildman–Crippen LogP) is 4.99. The normalized spacial score (nSPS) is 17.6. The minimum Gasteiger partial charge on any atom is -0.497 e. The highest BCUT2D eigenvalue weighted by molar-refractivity contribution is 9.13. The number of methoxy groups -OCH3 is 1. The molecule has 3 nitrogen and oxygen atoms in total. The highest BCUT2D eigenvalue weighted by Crippen LogP contribution is 2.42. The van der Waals surface area contributed by atoms with Crippen LogP contribution in [0.25, 0.3) is 0 Å². The van der Waals surface area contributed by atoms with Crippen molar-refractivity contribution in [2.75, 3.05) is 7.11 Å². The lowest BCUT2D eigenvalue weighted by Gasteiger charge is -2.24. The Morgan fingerprint density at radius 3 is 2.80 bits per heavy atom. The zero-order valence-corrected chi connectivity index (χ0v) is 14.5. The van der Waals surface area contributed by atoms with Gasteiger partial charge in [0.15, 0.2) is 5.78 Å². The van der Waals surface area contributed by atoms with Gasteiger partial charge in [0.25, 0.3) is 0 Å². The van der Waals surface area contributed by atoms with Crippen molar-refractivity contribution < 1.29 is 14.3 Å². The van der Waals surface area contributed by atoms with Gasteiger partial charge in [-0.15, -0.1) is 11.3 Å². The number of hydrogen-bond acceptors (Lipinski definition) is 4. The summed E-state index contributed by atoms with van der Waals surface area (Å²) >= 11 is 8.49. The van der Waals surface area contributed by atoms with Crippen LogP contribution < -0.4 is 9.47 Å². The summed E-state index contributed by atoms with van der Waals surface area (Å²) in [5.74, 6) is 1.37. The van der Waals surface area contributed by atoms with E-state index in [1.54, 1.807) is 36.6 Å². The molecule has 1 unspecified atom stereocenters. The number of ketones is 1. The first-order valence-corrected chi connectivity index (χ1v) is 8.31. The Labute approximate surface area is 137 Å². The molecule has 0 spiro atoms. The summed E-state index contributed by atoms with van der Waals surface area (Å²) in [6.45, 7) is 0. The van der Waals surface area contributed by atoms with E-state index in [4.69, 9.17) is 9.47 Å². The lowest BCUT2D eigenvalue weighted by atomic mass is 10.00. The molecule has 1 aromatic heterocycles. The van der Waals surface area contributed by atoms with Gasteiger partial charge in [0.1, 0.15) is 17.6 Å². The number of Topliss-reactive ketones (excluding diaryl/α,β-unsaturated/α-hetero) is 1. The molecule has 2 aromatic rings. The van der Waals surface area contributed by atoms with Gasteiger partial charge in [-0.3, -0.25) is 4.79 Å². The maximum Gasteiger partial charge on any atom is 0.170 e. The average molecular weight is 418 g/mol. The number of halogens is 2. The van der Waals surface area contributed by atoms with Crippen molar-refractivity contribution in [3.05, 3.63) is 43.0 Å². The topological polar surface area (TPSA) is 35.5 Å². The van der Waals surface area contributed by atoms with Gasteiger partial charge in [0.05, 0.1) is 22.9 Å². The first-order valence-electron chi connectivity index (χ1n) is 5.91. The Morgan fingerprint density at radius 1 is 1.35 bits per heavy atom. The highest BCUT2D eigenvalue weighted by atomic mass is 79.9. The number of carbonyl (C=O) groups excluding carboxylic acids is 1. The number of thiophene rings is 1. The molecule has 2 heterocycles. The smallest absolute Gasteiger partial charge is 0.170 e. The summed E-state index contributed by atoms with van der Waals surface area (Å²) in [6, 6.07) is 7.28. The SMILES string of the molecule is COc1ccc2c(c1)OC(c1cc(Br)c(Br)s1)CC2=O. The Bertz CT molecular complexity index is 662.